The molecule has 0 saturated carbocycles. The third-order valence-corrected chi connectivity index (χ3v) is 4.75. The molecular formula is C17H17N5O3. The fraction of sp³-hybridized carbons (Fsp3) is 0.353. The van der Waals surface area contributed by atoms with Crippen LogP contribution < -0.4 is 0 Å². The van der Waals surface area contributed by atoms with Crippen molar-refractivity contribution in [1.82, 2.24) is 24.8 Å². The van der Waals surface area contributed by atoms with Gasteiger partial charge in [-0.1, -0.05) is 12.1 Å². The first-order valence-corrected chi connectivity index (χ1v) is 8.24. The molecule has 1 fully saturated rings. The van der Waals surface area contributed by atoms with Gasteiger partial charge in [0, 0.05) is 13.1 Å². The zero-order chi connectivity index (χ0) is 17.4. The van der Waals surface area contributed by atoms with Gasteiger partial charge in [0.25, 0.3) is 11.8 Å². The van der Waals surface area contributed by atoms with Crippen LogP contribution in [0.1, 0.15) is 39.6 Å². The van der Waals surface area contributed by atoms with Crippen LogP contribution in [0.15, 0.2) is 36.7 Å². The number of rotatable bonds is 3. The molecule has 0 atom stereocenters. The van der Waals surface area contributed by atoms with Gasteiger partial charge in [0.2, 0.25) is 5.91 Å². The molecule has 0 N–H and O–H groups in total. The van der Waals surface area contributed by atoms with Crippen LogP contribution in [0.4, 0.5) is 0 Å². The number of piperidine rings is 1. The number of imide groups is 1. The van der Waals surface area contributed by atoms with Gasteiger partial charge in [0.1, 0.15) is 6.54 Å². The molecule has 2 aromatic rings. The summed E-state index contributed by atoms with van der Waals surface area (Å²) in [6, 6.07) is 6.83. The van der Waals surface area contributed by atoms with Gasteiger partial charge in [-0.15, -0.1) is 0 Å². The Kier molecular flexibility index (Phi) is 3.79. The first-order chi connectivity index (χ1) is 12.1. The molecule has 2 aliphatic rings. The quantitative estimate of drug-likeness (QED) is 0.770. The number of aromatic nitrogens is 3. The van der Waals surface area contributed by atoms with Crippen LogP contribution in [0.5, 0.6) is 0 Å². The molecule has 0 bridgehead atoms. The maximum absolute atomic E-state index is 12.5. The minimum absolute atomic E-state index is 0.179. The van der Waals surface area contributed by atoms with Crippen molar-refractivity contribution in [3.63, 3.8) is 0 Å². The van der Waals surface area contributed by atoms with E-state index in [0.29, 0.717) is 24.2 Å². The highest BCUT2D eigenvalue weighted by molar-refractivity contribution is 6.22. The van der Waals surface area contributed by atoms with E-state index in [0.717, 1.165) is 17.7 Å². The van der Waals surface area contributed by atoms with Crippen LogP contribution in [0.2, 0.25) is 0 Å². The fourth-order valence-electron chi connectivity index (χ4n) is 3.38. The largest absolute Gasteiger partial charge is 0.341 e. The summed E-state index contributed by atoms with van der Waals surface area (Å²) >= 11 is 0. The van der Waals surface area contributed by atoms with Crippen LogP contribution >= 0.6 is 0 Å². The van der Waals surface area contributed by atoms with Gasteiger partial charge in [-0.25, -0.2) is 0 Å². The number of benzene rings is 1. The molecule has 128 valence electrons. The van der Waals surface area contributed by atoms with E-state index in [4.69, 9.17) is 0 Å². The number of hydrogen-bond donors (Lipinski definition) is 0. The molecular weight excluding hydrogens is 322 g/mol. The Morgan fingerprint density at radius 1 is 1.00 bits per heavy atom. The number of amides is 3. The van der Waals surface area contributed by atoms with Gasteiger partial charge < -0.3 is 4.90 Å². The average Bonchev–Trinajstić information content (AvgIpc) is 3.26. The molecule has 1 aromatic heterocycles. The molecule has 0 spiro atoms. The van der Waals surface area contributed by atoms with Gasteiger partial charge in [-0.05, 0) is 25.0 Å². The lowest BCUT2D eigenvalue weighted by Gasteiger charge is -2.32. The second kappa shape index (κ2) is 6.12. The first-order valence-electron chi connectivity index (χ1n) is 8.24. The van der Waals surface area contributed by atoms with Crippen molar-refractivity contribution in [1.29, 1.82) is 0 Å². The maximum atomic E-state index is 12.5. The summed E-state index contributed by atoms with van der Waals surface area (Å²) in [5.74, 6) is -1.00. The Labute approximate surface area is 144 Å². The molecule has 2 aliphatic heterocycles. The van der Waals surface area contributed by atoms with E-state index in [1.165, 1.54) is 0 Å². The Balaban J connectivity index is 1.39. The third-order valence-electron chi connectivity index (χ3n) is 4.75. The predicted octanol–water partition coefficient (Wildman–Crippen LogP) is 0.738. The van der Waals surface area contributed by atoms with Crippen LogP contribution in [-0.2, 0) is 4.79 Å². The highest BCUT2D eigenvalue weighted by atomic mass is 16.2. The summed E-state index contributed by atoms with van der Waals surface area (Å²) < 4.78 is 0. The van der Waals surface area contributed by atoms with Crippen LogP contribution in [0.25, 0.3) is 0 Å². The zero-order valence-electron chi connectivity index (χ0n) is 13.5. The molecule has 8 nitrogen and oxygen atoms in total. The van der Waals surface area contributed by atoms with Crippen LogP contribution in [-0.4, -0.2) is 62.1 Å². The minimum atomic E-state index is -0.399. The molecule has 25 heavy (non-hydrogen) atoms. The van der Waals surface area contributed by atoms with E-state index in [1.807, 2.05) is 0 Å². The second-order valence-electron chi connectivity index (χ2n) is 6.20. The fourth-order valence-corrected chi connectivity index (χ4v) is 3.38. The summed E-state index contributed by atoms with van der Waals surface area (Å²) in [6.45, 7) is 0.916. The van der Waals surface area contributed by atoms with Crippen molar-refractivity contribution in [2.75, 3.05) is 19.6 Å². The SMILES string of the molecule is O=C(CN1C(=O)c2ccccc2C1=O)N1CCC(n2nccn2)CC1. The van der Waals surface area contributed by atoms with Crippen molar-refractivity contribution in [3.8, 4) is 0 Å². The van der Waals surface area contributed by atoms with Crippen molar-refractivity contribution in [3.05, 3.63) is 47.8 Å². The Morgan fingerprint density at radius 3 is 2.12 bits per heavy atom. The molecule has 0 aliphatic carbocycles. The lowest BCUT2D eigenvalue weighted by atomic mass is 10.1. The van der Waals surface area contributed by atoms with E-state index in [2.05, 4.69) is 10.2 Å². The smallest absolute Gasteiger partial charge is 0.262 e. The highest BCUT2D eigenvalue weighted by Crippen LogP contribution is 2.24. The third kappa shape index (κ3) is 2.69. The molecule has 0 radical (unpaired) electrons. The summed E-state index contributed by atoms with van der Waals surface area (Å²) in [7, 11) is 0. The molecule has 1 aromatic carbocycles. The minimum Gasteiger partial charge on any atom is -0.341 e. The Morgan fingerprint density at radius 2 is 1.56 bits per heavy atom. The Hall–Kier alpha value is -3.03. The standard InChI is InChI=1S/C17H17N5O3/c23-15(20-9-5-12(6-10-20)22-18-7-8-19-22)11-21-16(24)13-3-1-2-4-14(13)17(21)25/h1-4,7-8,12H,5-6,9-11H2. The van der Waals surface area contributed by atoms with Crippen LogP contribution in [0, 0.1) is 0 Å². The normalized spacial score (nSPS) is 17.9. The predicted molar refractivity (Wildman–Crippen MR) is 86.7 cm³/mol. The Bertz CT molecular complexity index is 790. The van der Waals surface area contributed by atoms with Gasteiger partial charge >= 0.3 is 0 Å². The van der Waals surface area contributed by atoms with Crippen molar-refractivity contribution < 1.29 is 14.4 Å². The first kappa shape index (κ1) is 15.5. The van der Waals surface area contributed by atoms with E-state index < -0.39 is 11.8 Å². The summed E-state index contributed by atoms with van der Waals surface area (Å²) in [6.07, 6.45) is 4.78. The molecule has 3 amide bonds. The van der Waals surface area contributed by atoms with Gasteiger partial charge in [-0.2, -0.15) is 15.0 Å². The van der Waals surface area contributed by atoms with E-state index in [1.54, 1.807) is 46.4 Å². The lowest BCUT2D eigenvalue weighted by molar-refractivity contribution is -0.132. The van der Waals surface area contributed by atoms with Gasteiger partial charge in [0.15, 0.2) is 0 Å². The molecule has 1 saturated heterocycles. The van der Waals surface area contributed by atoms with Crippen molar-refractivity contribution in [2.24, 2.45) is 0 Å². The number of carbonyl (C=O) groups excluding carboxylic acids is 3. The zero-order valence-corrected chi connectivity index (χ0v) is 13.5. The average molecular weight is 339 g/mol. The number of likely N-dealkylation sites (tertiary alicyclic amines) is 1. The van der Waals surface area contributed by atoms with Gasteiger partial charge in [0.05, 0.1) is 29.6 Å². The van der Waals surface area contributed by atoms with E-state index in [-0.39, 0.29) is 18.5 Å². The second-order valence-corrected chi connectivity index (χ2v) is 6.20. The summed E-state index contributed by atoms with van der Waals surface area (Å²) in [5, 5.41) is 8.28. The number of hydrogen-bond acceptors (Lipinski definition) is 5. The van der Waals surface area contributed by atoms with Crippen LogP contribution in [0.3, 0.4) is 0 Å². The van der Waals surface area contributed by atoms with Crippen molar-refractivity contribution >= 4 is 17.7 Å². The summed E-state index contributed by atoms with van der Waals surface area (Å²) in [5.41, 5.74) is 0.729. The summed E-state index contributed by atoms with van der Waals surface area (Å²) in [4.78, 5) is 41.6. The molecule has 4 rings (SSSR count). The monoisotopic (exact) mass is 339 g/mol. The number of carbonyl (C=O) groups is 3. The lowest BCUT2D eigenvalue weighted by Crippen LogP contribution is -2.46. The maximum Gasteiger partial charge on any atom is 0.262 e. The molecule has 8 heteroatoms. The van der Waals surface area contributed by atoms with Gasteiger partial charge in [-0.3, -0.25) is 19.3 Å². The topological polar surface area (TPSA) is 88.4 Å². The highest BCUT2D eigenvalue weighted by Gasteiger charge is 2.37. The van der Waals surface area contributed by atoms with E-state index in [9.17, 15) is 14.4 Å². The number of fused-ring (bicyclic) bond motifs is 1. The molecule has 3 heterocycles. The number of nitrogens with zero attached hydrogens (tertiary/aromatic N) is 5. The van der Waals surface area contributed by atoms with Crippen molar-refractivity contribution in [2.45, 2.75) is 18.9 Å². The molecule has 0 unspecified atom stereocenters. The van der Waals surface area contributed by atoms with E-state index >= 15 is 0 Å².